The van der Waals surface area contributed by atoms with E-state index in [1.54, 1.807) is 24.3 Å². The van der Waals surface area contributed by atoms with Crippen molar-refractivity contribution >= 4 is 21.6 Å². The molecule has 1 aliphatic rings. The summed E-state index contributed by atoms with van der Waals surface area (Å²) in [6, 6.07) is 16.3. The molecule has 0 bridgehead atoms. The van der Waals surface area contributed by atoms with Crippen LogP contribution in [0.2, 0.25) is 0 Å². The van der Waals surface area contributed by atoms with E-state index < -0.39 is 10.0 Å². The van der Waals surface area contributed by atoms with Crippen molar-refractivity contribution in [3.63, 3.8) is 0 Å². The van der Waals surface area contributed by atoms with Crippen molar-refractivity contribution in [1.82, 2.24) is 4.90 Å². The zero-order valence-corrected chi connectivity index (χ0v) is 17.6. The smallest absolute Gasteiger partial charge is 0.260 e. The van der Waals surface area contributed by atoms with E-state index in [1.165, 1.54) is 23.4 Å². The third-order valence-electron chi connectivity index (χ3n) is 5.02. The number of ether oxygens (including phenoxy) is 1. The summed E-state index contributed by atoms with van der Waals surface area (Å²) in [5.74, 6) is 0.544. The Morgan fingerprint density at radius 2 is 1.59 bits per heavy atom. The van der Waals surface area contributed by atoms with Crippen LogP contribution in [0, 0.1) is 0 Å². The highest BCUT2D eigenvalue weighted by molar-refractivity contribution is 7.92. The van der Waals surface area contributed by atoms with Crippen LogP contribution in [0.3, 0.4) is 0 Å². The van der Waals surface area contributed by atoms with E-state index in [0.717, 1.165) is 31.5 Å². The SMILES string of the molecule is CS(=O)(=O)N(Cc1ccccc1)c1ccc(OCC(=O)N2CCCCCC2)cc1. The first-order chi connectivity index (χ1) is 13.9. The molecule has 0 aromatic heterocycles. The largest absolute Gasteiger partial charge is 0.484 e. The lowest BCUT2D eigenvalue weighted by Gasteiger charge is -2.23. The molecule has 0 aliphatic carbocycles. The third-order valence-corrected chi connectivity index (χ3v) is 6.16. The Bertz CT molecular complexity index is 890. The second-order valence-corrected chi connectivity index (χ2v) is 9.24. The van der Waals surface area contributed by atoms with Gasteiger partial charge in [-0.15, -0.1) is 0 Å². The molecule has 2 aromatic carbocycles. The molecule has 1 amide bonds. The molecular formula is C22H28N2O4S. The summed E-state index contributed by atoms with van der Waals surface area (Å²) in [6.45, 7) is 1.85. The van der Waals surface area contributed by atoms with Gasteiger partial charge in [0.25, 0.3) is 5.91 Å². The van der Waals surface area contributed by atoms with Crippen LogP contribution in [0.1, 0.15) is 31.2 Å². The van der Waals surface area contributed by atoms with Crippen molar-refractivity contribution in [2.24, 2.45) is 0 Å². The number of hydrogen-bond donors (Lipinski definition) is 0. The van der Waals surface area contributed by atoms with Gasteiger partial charge in [-0.2, -0.15) is 0 Å². The predicted molar refractivity (Wildman–Crippen MR) is 114 cm³/mol. The molecule has 156 valence electrons. The maximum atomic E-state index is 12.3. The number of nitrogens with zero attached hydrogens (tertiary/aromatic N) is 2. The minimum atomic E-state index is -3.44. The zero-order chi connectivity index (χ0) is 20.7. The normalized spacial score (nSPS) is 14.9. The molecule has 1 fully saturated rings. The van der Waals surface area contributed by atoms with Crippen LogP contribution >= 0.6 is 0 Å². The Morgan fingerprint density at radius 3 is 2.17 bits per heavy atom. The van der Waals surface area contributed by atoms with Crippen LogP contribution in [-0.4, -0.2) is 45.2 Å². The van der Waals surface area contributed by atoms with Crippen molar-refractivity contribution in [2.45, 2.75) is 32.2 Å². The first-order valence-corrected chi connectivity index (χ1v) is 11.8. The van der Waals surface area contributed by atoms with Crippen molar-refractivity contribution in [3.8, 4) is 5.75 Å². The van der Waals surface area contributed by atoms with Crippen LogP contribution in [0.15, 0.2) is 54.6 Å². The Balaban J connectivity index is 1.63. The van der Waals surface area contributed by atoms with Crippen molar-refractivity contribution in [3.05, 3.63) is 60.2 Å². The summed E-state index contributed by atoms with van der Waals surface area (Å²) in [4.78, 5) is 14.2. The van der Waals surface area contributed by atoms with Gasteiger partial charge < -0.3 is 9.64 Å². The van der Waals surface area contributed by atoms with Gasteiger partial charge in [0.15, 0.2) is 6.61 Å². The fourth-order valence-electron chi connectivity index (χ4n) is 3.41. The molecule has 1 saturated heterocycles. The van der Waals surface area contributed by atoms with Crippen molar-refractivity contribution in [2.75, 3.05) is 30.3 Å². The van der Waals surface area contributed by atoms with E-state index in [0.29, 0.717) is 11.4 Å². The monoisotopic (exact) mass is 416 g/mol. The number of benzene rings is 2. The Morgan fingerprint density at radius 1 is 0.966 bits per heavy atom. The Labute approximate surface area is 173 Å². The molecule has 0 spiro atoms. The third kappa shape index (κ3) is 6.22. The van der Waals surface area contributed by atoms with Gasteiger partial charge in [-0.25, -0.2) is 8.42 Å². The van der Waals surface area contributed by atoms with Gasteiger partial charge in [-0.3, -0.25) is 9.10 Å². The van der Waals surface area contributed by atoms with Gasteiger partial charge in [0, 0.05) is 13.1 Å². The Hall–Kier alpha value is -2.54. The maximum Gasteiger partial charge on any atom is 0.260 e. The highest BCUT2D eigenvalue weighted by Crippen LogP contribution is 2.24. The van der Waals surface area contributed by atoms with E-state index >= 15 is 0 Å². The molecule has 7 heteroatoms. The van der Waals surface area contributed by atoms with E-state index in [-0.39, 0.29) is 19.1 Å². The number of carbonyl (C=O) groups excluding carboxylic acids is 1. The fraction of sp³-hybridized carbons (Fsp3) is 0.409. The summed E-state index contributed by atoms with van der Waals surface area (Å²) in [7, 11) is -3.44. The van der Waals surface area contributed by atoms with Gasteiger partial charge in [-0.05, 0) is 42.7 Å². The minimum absolute atomic E-state index is 0.000841. The molecule has 3 rings (SSSR count). The van der Waals surface area contributed by atoms with Crippen LogP contribution in [0.4, 0.5) is 5.69 Å². The van der Waals surface area contributed by atoms with Gasteiger partial charge in [-0.1, -0.05) is 43.2 Å². The standard InChI is InChI=1S/C22H28N2O4S/c1-29(26,27)24(17-19-9-5-4-6-10-19)20-11-13-21(14-12-20)28-18-22(25)23-15-7-2-3-8-16-23/h4-6,9-14H,2-3,7-8,15-18H2,1H3. The van der Waals surface area contributed by atoms with E-state index in [9.17, 15) is 13.2 Å². The molecule has 29 heavy (non-hydrogen) atoms. The summed E-state index contributed by atoms with van der Waals surface area (Å²) < 4.78 is 31.6. The maximum absolute atomic E-state index is 12.3. The number of sulfonamides is 1. The van der Waals surface area contributed by atoms with E-state index in [1.807, 2.05) is 35.2 Å². The summed E-state index contributed by atoms with van der Waals surface area (Å²) in [5.41, 5.74) is 1.46. The number of carbonyl (C=O) groups is 1. The lowest BCUT2D eigenvalue weighted by molar-refractivity contribution is -0.133. The molecule has 0 unspecified atom stereocenters. The molecule has 0 atom stereocenters. The quantitative estimate of drug-likeness (QED) is 0.694. The van der Waals surface area contributed by atoms with Crippen LogP contribution < -0.4 is 9.04 Å². The average Bonchev–Trinajstić information content (AvgIpc) is 3.00. The fourth-order valence-corrected chi connectivity index (χ4v) is 4.30. The second kappa shape index (κ2) is 9.78. The highest BCUT2D eigenvalue weighted by atomic mass is 32.2. The highest BCUT2D eigenvalue weighted by Gasteiger charge is 2.19. The lowest BCUT2D eigenvalue weighted by atomic mass is 10.2. The van der Waals surface area contributed by atoms with Gasteiger partial charge in [0.2, 0.25) is 10.0 Å². The summed E-state index contributed by atoms with van der Waals surface area (Å²) in [5, 5.41) is 0. The van der Waals surface area contributed by atoms with Gasteiger partial charge in [0.1, 0.15) is 5.75 Å². The molecule has 6 nitrogen and oxygen atoms in total. The molecule has 0 saturated carbocycles. The number of hydrogen-bond acceptors (Lipinski definition) is 4. The second-order valence-electron chi connectivity index (χ2n) is 7.33. The van der Waals surface area contributed by atoms with Crippen LogP contribution in [-0.2, 0) is 21.4 Å². The Kier molecular flexibility index (Phi) is 7.14. The number of likely N-dealkylation sites (tertiary alicyclic amines) is 1. The van der Waals surface area contributed by atoms with E-state index in [2.05, 4.69) is 0 Å². The summed E-state index contributed by atoms with van der Waals surface area (Å²) >= 11 is 0. The van der Waals surface area contributed by atoms with Crippen molar-refractivity contribution in [1.29, 1.82) is 0 Å². The van der Waals surface area contributed by atoms with Gasteiger partial charge >= 0.3 is 0 Å². The molecular weight excluding hydrogens is 388 g/mol. The zero-order valence-electron chi connectivity index (χ0n) is 16.8. The predicted octanol–water partition coefficient (Wildman–Crippen LogP) is 3.43. The molecule has 1 heterocycles. The minimum Gasteiger partial charge on any atom is -0.484 e. The average molecular weight is 417 g/mol. The number of rotatable bonds is 7. The van der Waals surface area contributed by atoms with Gasteiger partial charge in [0.05, 0.1) is 18.5 Å². The van der Waals surface area contributed by atoms with E-state index in [4.69, 9.17) is 4.74 Å². The van der Waals surface area contributed by atoms with Crippen LogP contribution in [0.25, 0.3) is 0 Å². The van der Waals surface area contributed by atoms with Crippen molar-refractivity contribution < 1.29 is 17.9 Å². The topological polar surface area (TPSA) is 66.9 Å². The number of anilines is 1. The lowest BCUT2D eigenvalue weighted by Crippen LogP contribution is -2.35. The molecule has 1 aliphatic heterocycles. The summed E-state index contributed by atoms with van der Waals surface area (Å²) in [6.07, 6.45) is 5.63. The molecule has 0 N–H and O–H groups in total. The first-order valence-electron chi connectivity index (χ1n) is 9.96. The molecule has 0 radical (unpaired) electrons. The van der Waals surface area contributed by atoms with Crippen LogP contribution in [0.5, 0.6) is 5.75 Å². The first kappa shape index (κ1) is 21.2. The molecule has 2 aromatic rings. The number of amides is 1.